The number of carbonyl (C=O) groups is 1. The van der Waals surface area contributed by atoms with E-state index < -0.39 is 17.7 Å². The number of nitrogens with zero attached hydrogens (tertiary/aromatic N) is 1. The van der Waals surface area contributed by atoms with Crippen LogP contribution in [0.4, 0.5) is 8.78 Å². The molecule has 3 nitrogen and oxygen atoms in total. The van der Waals surface area contributed by atoms with Gasteiger partial charge in [0.15, 0.2) is 0 Å². The molecule has 0 saturated carbocycles. The Hall–Kier alpha value is -1.82. The van der Waals surface area contributed by atoms with Gasteiger partial charge in [0.1, 0.15) is 11.5 Å². The van der Waals surface area contributed by atoms with Crippen molar-refractivity contribution in [1.82, 2.24) is 10.3 Å². The van der Waals surface area contributed by atoms with Crippen LogP contribution in [0.3, 0.4) is 0 Å². The number of nitrogens with one attached hydrogen (secondary N) is 1. The Morgan fingerprint density at radius 2 is 2.05 bits per heavy atom. The third kappa shape index (κ3) is 3.57. The van der Waals surface area contributed by atoms with Crippen molar-refractivity contribution in [2.75, 3.05) is 0 Å². The molecule has 0 radical (unpaired) electrons. The number of pyridine rings is 1. The van der Waals surface area contributed by atoms with Crippen molar-refractivity contribution in [2.24, 2.45) is 0 Å². The van der Waals surface area contributed by atoms with Gasteiger partial charge in [0, 0.05) is 16.6 Å². The Kier molecular flexibility index (Phi) is 4.21. The van der Waals surface area contributed by atoms with E-state index in [1.54, 1.807) is 12.1 Å². The molecule has 2 aromatic rings. The van der Waals surface area contributed by atoms with E-state index in [4.69, 9.17) is 0 Å². The van der Waals surface area contributed by atoms with Gasteiger partial charge in [-0.2, -0.15) is 4.39 Å². The quantitative estimate of drug-likeness (QED) is 0.881. The minimum absolute atomic E-state index is 0.00228. The van der Waals surface area contributed by atoms with Crippen molar-refractivity contribution in [3.8, 4) is 0 Å². The zero-order chi connectivity index (χ0) is 13.8. The zero-order valence-electron chi connectivity index (χ0n) is 9.66. The molecule has 1 aromatic carbocycles. The highest BCUT2D eigenvalue weighted by Crippen LogP contribution is 2.15. The SMILES string of the molecule is O=C(NCc1cc(Br)ccc1F)c1cccc(F)n1. The summed E-state index contributed by atoms with van der Waals surface area (Å²) in [6.45, 7) is 0.00228. The van der Waals surface area contributed by atoms with Crippen LogP contribution in [0, 0.1) is 11.8 Å². The first kappa shape index (κ1) is 13.6. The maximum Gasteiger partial charge on any atom is 0.270 e. The lowest BCUT2D eigenvalue weighted by atomic mass is 10.2. The minimum atomic E-state index is -0.735. The zero-order valence-corrected chi connectivity index (χ0v) is 11.2. The second-order valence-corrected chi connectivity index (χ2v) is 4.68. The maximum absolute atomic E-state index is 13.4. The Balaban J connectivity index is 2.06. The summed E-state index contributed by atoms with van der Waals surface area (Å²) in [5.41, 5.74) is 0.287. The van der Waals surface area contributed by atoms with E-state index in [0.717, 1.165) is 6.07 Å². The highest BCUT2D eigenvalue weighted by Gasteiger charge is 2.09. The summed E-state index contributed by atoms with van der Waals surface area (Å²) in [7, 11) is 0. The molecule has 0 bridgehead atoms. The minimum Gasteiger partial charge on any atom is -0.347 e. The molecule has 0 aliphatic carbocycles. The van der Waals surface area contributed by atoms with Crippen LogP contribution >= 0.6 is 15.9 Å². The van der Waals surface area contributed by atoms with Gasteiger partial charge in [-0.1, -0.05) is 22.0 Å². The van der Waals surface area contributed by atoms with E-state index in [-0.39, 0.29) is 12.2 Å². The summed E-state index contributed by atoms with van der Waals surface area (Å²) >= 11 is 3.22. The molecular weight excluding hydrogens is 318 g/mol. The molecule has 6 heteroatoms. The Morgan fingerprint density at radius 1 is 1.26 bits per heavy atom. The standard InChI is InChI=1S/C13H9BrF2N2O/c14-9-4-5-10(15)8(6-9)7-17-13(19)11-2-1-3-12(16)18-11/h1-6H,7H2,(H,17,19). The number of benzene rings is 1. The summed E-state index contributed by atoms with van der Waals surface area (Å²) in [6.07, 6.45) is 0. The van der Waals surface area contributed by atoms with Crippen molar-refractivity contribution in [1.29, 1.82) is 0 Å². The first-order valence-electron chi connectivity index (χ1n) is 5.41. The molecule has 0 unspecified atom stereocenters. The van der Waals surface area contributed by atoms with E-state index in [0.29, 0.717) is 10.0 Å². The van der Waals surface area contributed by atoms with Crippen LogP contribution in [0.15, 0.2) is 40.9 Å². The van der Waals surface area contributed by atoms with Gasteiger partial charge >= 0.3 is 0 Å². The molecule has 2 rings (SSSR count). The van der Waals surface area contributed by atoms with E-state index in [2.05, 4.69) is 26.2 Å². The molecule has 0 aliphatic heterocycles. The van der Waals surface area contributed by atoms with E-state index in [1.165, 1.54) is 18.2 Å². The molecule has 0 atom stereocenters. The lowest BCUT2D eigenvalue weighted by Crippen LogP contribution is -2.24. The van der Waals surface area contributed by atoms with E-state index >= 15 is 0 Å². The predicted molar refractivity (Wildman–Crippen MR) is 69.5 cm³/mol. The van der Waals surface area contributed by atoms with Crippen molar-refractivity contribution in [3.63, 3.8) is 0 Å². The Labute approximate surface area is 116 Å². The number of rotatable bonds is 3. The van der Waals surface area contributed by atoms with Crippen LogP contribution in [0.5, 0.6) is 0 Å². The van der Waals surface area contributed by atoms with Crippen LogP contribution in [-0.4, -0.2) is 10.9 Å². The van der Waals surface area contributed by atoms with Crippen molar-refractivity contribution in [2.45, 2.75) is 6.54 Å². The van der Waals surface area contributed by atoms with Gasteiger partial charge in [-0.3, -0.25) is 4.79 Å². The fourth-order valence-corrected chi connectivity index (χ4v) is 1.89. The van der Waals surface area contributed by atoms with Gasteiger partial charge in [0.05, 0.1) is 0 Å². The van der Waals surface area contributed by atoms with Crippen molar-refractivity contribution in [3.05, 3.63) is 63.9 Å². The average Bonchev–Trinajstić information content (AvgIpc) is 2.39. The first-order chi connectivity index (χ1) is 9.06. The van der Waals surface area contributed by atoms with Gasteiger partial charge in [0.25, 0.3) is 5.91 Å². The smallest absolute Gasteiger partial charge is 0.270 e. The molecule has 0 saturated heterocycles. The van der Waals surface area contributed by atoms with Crippen molar-refractivity contribution < 1.29 is 13.6 Å². The highest BCUT2D eigenvalue weighted by molar-refractivity contribution is 9.10. The van der Waals surface area contributed by atoms with Gasteiger partial charge in [-0.25, -0.2) is 9.37 Å². The Bertz CT molecular complexity index is 619. The second kappa shape index (κ2) is 5.88. The van der Waals surface area contributed by atoms with E-state index in [1.807, 2.05) is 0 Å². The van der Waals surface area contributed by atoms with Gasteiger partial charge < -0.3 is 5.32 Å². The molecule has 1 heterocycles. The predicted octanol–water partition coefficient (Wildman–Crippen LogP) is 3.05. The summed E-state index contributed by atoms with van der Waals surface area (Å²) in [6, 6.07) is 8.34. The molecule has 0 spiro atoms. The van der Waals surface area contributed by atoms with Crippen LogP contribution < -0.4 is 5.32 Å². The van der Waals surface area contributed by atoms with Crippen molar-refractivity contribution >= 4 is 21.8 Å². The van der Waals surface area contributed by atoms with Crippen LogP contribution in [0.2, 0.25) is 0 Å². The third-order valence-electron chi connectivity index (χ3n) is 2.39. The van der Waals surface area contributed by atoms with Gasteiger partial charge in [-0.15, -0.1) is 0 Å². The van der Waals surface area contributed by atoms with Gasteiger partial charge in [-0.05, 0) is 30.3 Å². The number of halogens is 3. The summed E-state index contributed by atoms with van der Waals surface area (Å²) in [5.74, 6) is -1.71. The first-order valence-corrected chi connectivity index (χ1v) is 6.20. The monoisotopic (exact) mass is 326 g/mol. The summed E-state index contributed by atoms with van der Waals surface area (Å²) in [4.78, 5) is 15.1. The fourth-order valence-electron chi connectivity index (χ4n) is 1.48. The van der Waals surface area contributed by atoms with Crippen LogP contribution in [0.1, 0.15) is 16.1 Å². The normalized spacial score (nSPS) is 10.3. The second-order valence-electron chi connectivity index (χ2n) is 3.76. The lowest BCUT2D eigenvalue weighted by molar-refractivity contribution is 0.0944. The largest absolute Gasteiger partial charge is 0.347 e. The van der Waals surface area contributed by atoms with E-state index in [9.17, 15) is 13.6 Å². The highest BCUT2D eigenvalue weighted by atomic mass is 79.9. The molecule has 1 amide bonds. The number of carbonyl (C=O) groups excluding carboxylic acids is 1. The molecule has 0 fully saturated rings. The number of aromatic nitrogens is 1. The van der Waals surface area contributed by atoms with Crippen LogP contribution in [-0.2, 0) is 6.54 Å². The molecule has 0 aliphatic rings. The summed E-state index contributed by atoms with van der Waals surface area (Å²) < 4.78 is 27.0. The average molecular weight is 327 g/mol. The maximum atomic E-state index is 13.4. The fraction of sp³-hybridized carbons (Fsp3) is 0.0769. The number of hydrogen-bond donors (Lipinski definition) is 1. The van der Waals surface area contributed by atoms with Crippen LogP contribution in [0.25, 0.3) is 0 Å². The number of hydrogen-bond acceptors (Lipinski definition) is 2. The molecular formula is C13H9BrF2N2O. The summed E-state index contributed by atoms with van der Waals surface area (Å²) in [5, 5.41) is 2.48. The molecule has 98 valence electrons. The molecule has 1 N–H and O–H groups in total. The molecule has 19 heavy (non-hydrogen) atoms. The third-order valence-corrected chi connectivity index (χ3v) is 2.89. The molecule has 1 aromatic heterocycles. The number of amides is 1. The topological polar surface area (TPSA) is 42.0 Å². The Morgan fingerprint density at radius 3 is 2.79 bits per heavy atom. The lowest BCUT2D eigenvalue weighted by Gasteiger charge is -2.06. The van der Waals surface area contributed by atoms with Gasteiger partial charge in [0.2, 0.25) is 5.95 Å².